The molecular weight excluding hydrogens is 361 g/mol. The Balaban J connectivity index is 1.45. The third-order valence-electron chi connectivity index (χ3n) is 5.16. The highest BCUT2D eigenvalue weighted by Crippen LogP contribution is 2.34. The van der Waals surface area contributed by atoms with Crippen LogP contribution in [0.1, 0.15) is 52.4 Å². The quantitative estimate of drug-likeness (QED) is 0.679. The summed E-state index contributed by atoms with van der Waals surface area (Å²) in [6.45, 7) is 2.58. The molecule has 0 radical (unpaired) electrons. The van der Waals surface area contributed by atoms with Gasteiger partial charge >= 0.3 is 0 Å². The average Bonchev–Trinajstić information content (AvgIpc) is 3.37. The van der Waals surface area contributed by atoms with Crippen LogP contribution in [0.4, 0.5) is 4.39 Å². The van der Waals surface area contributed by atoms with E-state index in [-0.39, 0.29) is 29.1 Å². The Hall–Kier alpha value is -3.29. The predicted octanol–water partition coefficient (Wildman–Crippen LogP) is 3.16. The highest BCUT2D eigenvalue weighted by atomic mass is 19.1. The van der Waals surface area contributed by atoms with E-state index in [4.69, 9.17) is 0 Å². The van der Waals surface area contributed by atoms with Crippen LogP contribution in [-0.2, 0) is 0 Å². The number of likely N-dealkylation sites (tertiary alicyclic amines) is 1. The van der Waals surface area contributed by atoms with Gasteiger partial charge in [0.25, 0.3) is 5.91 Å². The zero-order valence-corrected chi connectivity index (χ0v) is 15.4. The Kier molecular flexibility index (Phi) is 4.77. The van der Waals surface area contributed by atoms with Crippen molar-refractivity contribution in [1.82, 2.24) is 25.3 Å². The van der Waals surface area contributed by atoms with Crippen LogP contribution in [0, 0.1) is 5.82 Å². The summed E-state index contributed by atoms with van der Waals surface area (Å²) >= 11 is 0. The van der Waals surface area contributed by atoms with Crippen molar-refractivity contribution in [2.45, 2.75) is 25.7 Å². The largest absolute Gasteiger partial charge is 0.337 e. The molecule has 8 heteroatoms. The summed E-state index contributed by atoms with van der Waals surface area (Å²) in [5.74, 6) is -0.416. The fourth-order valence-electron chi connectivity index (χ4n) is 3.65. The monoisotopic (exact) mass is 381 g/mol. The zero-order valence-electron chi connectivity index (χ0n) is 15.4. The van der Waals surface area contributed by atoms with Gasteiger partial charge in [0.15, 0.2) is 5.78 Å². The highest BCUT2D eigenvalue weighted by molar-refractivity contribution is 5.97. The van der Waals surface area contributed by atoms with Gasteiger partial charge in [0.2, 0.25) is 0 Å². The SMILES string of the molecule is CC(=O)c1cc(C(=O)N2CCC(c3[nH]ncc3-c3cccc(F)c3)CC2)[nH]n1. The van der Waals surface area contributed by atoms with E-state index in [9.17, 15) is 14.0 Å². The number of ketones is 1. The van der Waals surface area contributed by atoms with Crippen LogP contribution >= 0.6 is 0 Å². The van der Waals surface area contributed by atoms with E-state index < -0.39 is 0 Å². The number of Topliss-reactive ketones (excluding diaryl/α,β-unsaturated/α-hetero) is 1. The van der Waals surface area contributed by atoms with Gasteiger partial charge in [0, 0.05) is 37.2 Å². The van der Waals surface area contributed by atoms with Gasteiger partial charge in [-0.3, -0.25) is 19.8 Å². The lowest BCUT2D eigenvalue weighted by Gasteiger charge is -2.31. The molecule has 0 unspecified atom stereocenters. The lowest BCUT2D eigenvalue weighted by Crippen LogP contribution is -2.38. The van der Waals surface area contributed by atoms with Crippen LogP contribution in [0.2, 0.25) is 0 Å². The van der Waals surface area contributed by atoms with Crippen molar-refractivity contribution in [2.75, 3.05) is 13.1 Å². The summed E-state index contributed by atoms with van der Waals surface area (Å²) in [7, 11) is 0. The van der Waals surface area contributed by atoms with E-state index in [2.05, 4.69) is 20.4 Å². The fourth-order valence-corrected chi connectivity index (χ4v) is 3.65. The van der Waals surface area contributed by atoms with E-state index in [0.717, 1.165) is 29.7 Å². The predicted molar refractivity (Wildman–Crippen MR) is 100 cm³/mol. The number of benzene rings is 1. The van der Waals surface area contributed by atoms with Crippen LogP contribution in [0.15, 0.2) is 36.5 Å². The van der Waals surface area contributed by atoms with E-state index in [1.165, 1.54) is 25.1 Å². The number of H-pyrrole nitrogens is 2. The first-order chi connectivity index (χ1) is 13.5. The summed E-state index contributed by atoms with van der Waals surface area (Å²) < 4.78 is 13.6. The van der Waals surface area contributed by atoms with Crippen LogP contribution in [0.5, 0.6) is 0 Å². The number of carbonyl (C=O) groups excluding carboxylic acids is 2. The van der Waals surface area contributed by atoms with Gasteiger partial charge in [-0.25, -0.2) is 4.39 Å². The van der Waals surface area contributed by atoms with E-state index in [0.29, 0.717) is 18.8 Å². The summed E-state index contributed by atoms with van der Waals surface area (Å²) in [5, 5.41) is 13.7. The Bertz CT molecular complexity index is 1020. The number of nitrogens with one attached hydrogen (secondary N) is 2. The minimum atomic E-state index is -0.283. The van der Waals surface area contributed by atoms with E-state index in [1.807, 2.05) is 6.07 Å². The molecule has 2 aromatic heterocycles. The van der Waals surface area contributed by atoms with Crippen molar-refractivity contribution < 1.29 is 14.0 Å². The second-order valence-corrected chi connectivity index (χ2v) is 7.00. The number of hydrogen-bond acceptors (Lipinski definition) is 4. The molecule has 7 nitrogen and oxygen atoms in total. The minimum Gasteiger partial charge on any atom is -0.337 e. The van der Waals surface area contributed by atoms with Crippen LogP contribution in [0.3, 0.4) is 0 Å². The number of aromatic nitrogens is 4. The molecule has 0 atom stereocenters. The molecule has 0 saturated carbocycles. The lowest BCUT2D eigenvalue weighted by molar-refractivity contribution is 0.0706. The molecule has 1 aromatic carbocycles. The Morgan fingerprint density at radius 3 is 2.64 bits per heavy atom. The van der Waals surface area contributed by atoms with Crippen LogP contribution in [0.25, 0.3) is 11.1 Å². The number of aromatic amines is 2. The van der Waals surface area contributed by atoms with Crippen LogP contribution < -0.4 is 0 Å². The van der Waals surface area contributed by atoms with Gasteiger partial charge in [-0.1, -0.05) is 12.1 Å². The summed E-state index contributed by atoms with van der Waals surface area (Å²) in [6, 6.07) is 7.95. The first-order valence-corrected chi connectivity index (χ1v) is 9.17. The van der Waals surface area contributed by atoms with Crippen molar-refractivity contribution in [1.29, 1.82) is 0 Å². The van der Waals surface area contributed by atoms with Crippen molar-refractivity contribution in [2.24, 2.45) is 0 Å². The van der Waals surface area contributed by atoms with Gasteiger partial charge in [0.1, 0.15) is 17.2 Å². The molecule has 2 N–H and O–H groups in total. The number of rotatable bonds is 4. The summed E-state index contributed by atoms with van der Waals surface area (Å²) in [5.41, 5.74) is 3.24. The highest BCUT2D eigenvalue weighted by Gasteiger charge is 2.28. The second-order valence-electron chi connectivity index (χ2n) is 7.00. The van der Waals surface area contributed by atoms with Crippen molar-refractivity contribution in [3.05, 3.63) is 59.4 Å². The molecule has 4 rings (SSSR count). The molecule has 0 bridgehead atoms. The van der Waals surface area contributed by atoms with Gasteiger partial charge < -0.3 is 4.90 Å². The molecule has 28 heavy (non-hydrogen) atoms. The Labute approximate surface area is 161 Å². The molecule has 1 saturated heterocycles. The zero-order chi connectivity index (χ0) is 19.7. The van der Waals surface area contributed by atoms with Gasteiger partial charge in [-0.2, -0.15) is 10.2 Å². The molecule has 0 aliphatic carbocycles. The van der Waals surface area contributed by atoms with Crippen molar-refractivity contribution in [3.8, 4) is 11.1 Å². The second kappa shape index (κ2) is 7.38. The number of halogens is 1. The number of carbonyl (C=O) groups is 2. The normalized spacial score (nSPS) is 15.0. The summed E-state index contributed by atoms with van der Waals surface area (Å²) in [4.78, 5) is 25.8. The lowest BCUT2D eigenvalue weighted by atomic mass is 9.89. The van der Waals surface area contributed by atoms with E-state index in [1.54, 1.807) is 17.2 Å². The van der Waals surface area contributed by atoms with Crippen molar-refractivity contribution in [3.63, 3.8) is 0 Å². The van der Waals surface area contributed by atoms with Gasteiger partial charge in [-0.05, 0) is 36.6 Å². The van der Waals surface area contributed by atoms with Crippen molar-refractivity contribution >= 4 is 11.7 Å². The van der Waals surface area contributed by atoms with Gasteiger partial charge in [0.05, 0.1) is 6.20 Å². The van der Waals surface area contributed by atoms with E-state index >= 15 is 0 Å². The average molecular weight is 381 g/mol. The molecule has 1 amide bonds. The van der Waals surface area contributed by atoms with Crippen LogP contribution in [-0.4, -0.2) is 50.1 Å². The third kappa shape index (κ3) is 3.45. The standard InChI is InChI=1S/C20H20FN5O2/c1-12(27)17-10-18(24-23-17)20(28)26-7-5-13(6-8-26)19-16(11-22-25-19)14-3-2-4-15(21)9-14/h2-4,9-11,13H,5-8H2,1H3,(H,22,25)(H,23,24). The minimum absolute atomic E-state index is 0.159. The summed E-state index contributed by atoms with van der Waals surface area (Å²) in [6.07, 6.45) is 3.25. The molecular formula is C20H20FN5O2. The molecule has 3 heterocycles. The number of hydrogen-bond donors (Lipinski definition) is 2. The molecule has 1 aliphatic rings. The maximum absolute atomic E-state index is 13.6. The molecule has 144 valence electrons. The van der Waals surface area contributed by atoms with Gasteiger partial charge in [-0.15, -0.1) is 0 Å². The molecule has 1 aliphatic heterocycles. The maximum atomic E-state index is 13.6. The molecule has 0 spiro atoms. The molecule has 1 fully saturated rings. The first-order valence-electron chi connectivity index (χ1n) is 9.17. The number of nitrogens with zero attached hydrogens (tertiary/aromatic N) is 3. The molecule has 3 aromatic rings. The Morgan fingerprint density at radius 2 is 1.96 bits per heavy atom. The maximum Gasteiger partial charge on any atom is 0.271 e. The first kappa shape index (κ1) is 18.1. The number of piperidine rings is 1. The fraction of sp³-hybridized carbons (Fsp3) is 0.300. The number of amides is 1. The third-order valence-corrected chi connectivity index (χ3v) is 5.16. The smallest absolute Gasteiger partial charge is 0.271 e. The topological polar surface area (TPSA) is 94.7 Å². The Morgan fingerprint density at radius 1 is 1.18 bits per heavy atom.